The Balaban J connectivity index is 1.13. The first kappa shape index (κ1) is 30.0. The lowest BCUT2D eigenvalue weighted by Gasteiger charge is -2.34. The fraction of sp³-hybridized carbons (Fsp3) is 0.0208. The molecule has 10 aromatic rings. The molecule has 5 heteroatoms. The number of aromatic nitrogens is 4. The number of hydrogen-bond donors (Lipinski definition) is 0. The van der Waals surface area contributed by atoms with Gasteiger partial charge in [-0.3, -0.25) is 4.57 Å². The van der Waals surface area contributed by atoms with Gasteiger partial charge in [-0.15, -0.1) is 11.3 Å². The predicted molar refractivity (Wildman–Crippen MR) is 218 cm³/mol. The average molecular weight is 695 g/mol. The van der Waals surface area contributed by atoms with Crippen molar-refractivity contribution in [1.82, 2.24) is 19.5 Å². The van der Waals surface area contributed by atoms with Crippen LogP contribution in [0, 0.1) is 0 Å². The van der Waals surface area contributed by atoms with Crippen LogP contribution in [0.1, 0.15) is 22.3 Å². The molecule has 0 bridgehead atoms. The second-order valence-corrected chi connectivity index (χ2v) is 14.6. The van der Waals surface area contributed by atoms with Crippen LogP contribution < -0.4 is 0 Å². The number of benzene rings is 7. The second-order valence-electron chi connectivity index (χ2n) is 13.6. The third kappa shape index (κ3) is 4.44. The average Bonchev–Trinajstić information content (AvgIpc) is 3.90. The Kier molecular flexibility index (Phi) is 6.60. The molecule has 0 N–H and O–H groups in total. The third-order valence-electron chi connectivity index (χ3n) is 10.8. The highest BCUT2D eigenvalue weighted by Gasteiger charge is 2.46. The van der Waals surface area contributed by atoms with Crippen molar-refractivity contribution in [2.45, 2.75) is 5.41 Å². The summed E-state index contributed by atoms with van der Waals surface area (Å²) in [6, 6.07) is 63.1. The fourth-order valence-corrected chi connectivity index (χ4v) is 9.52. The quantitative estimate of drug-likeness (QED) is 0.180. The van der Waals surface area contributed by atoms with E-state index in [0.29, 0.717) is 5.95 Å². The van der Waals surface area contributed by atoms with E-state index in [1.165, 1.54) is 48.9 Å². The molecule has 11 rings (SSSR count). The number of para-hydroxylation sites is 2. The fourth-order valence-electron chi connectivity index (χ4n) is 8.56. The largest absolute Gasteiger partial charge is 0.278 e. The van der Waals surface area contributed by atoms with Crippen molar-refractivity contribution in [1.29, 1.82) is 0 Å². The summed E-state index contributed by atoms with van der Waals surface area (Å²) in [7, 11) is 0. The summed E-state index contributed by atoms with van der Waals surface area (Å²) in [4.78, 5) is 15.1. The van der Waals surface area contributed by atoms with Gasteiger partial charge in [0.15, 0.2) is 0 Å². The van der Waals surface area contributed by atoms with Crippen LogP contribution in [0.3, 0.4) is 0 Å². The van der Waals surface area contributed by atoms with Gasteiger partial charge in [0.1, 0.15) is 5.01 Å². The van der Waals surface area contributed by atoms with Gasteiger partial charge in [0.25, 0.3) is 0 Å². The molecule has 0 aliphatic heterocycles. The number of nitrogens with zero attached hydrogens (tertiary/aromatic N) is 4. The standard InChI is InChI=1S/C48H30N4S/c1-2-15-33(16-3-1)48(39-20-7-4-17-35(39)36-18-5-8-21-40(36)48)34-25-26-38-37-19-6-10-23-43(37)52(44(38)30-34)47-49-28-27-41(51-47)31-13-12-14-32(29-31)46-50-42-22-9-11-24-45(42)53-46/h1-30H. The van der Waals surface area contributed by atoms with Crippen LogP contribution >= 0.6 is 11.3 Å². The van der Waals surface area contributed by atoms with E-state index in [-0.39, 0.29) is 0 Å². The molecule has 3 heterocycles. The Bertz CT molecular complexity index is 2950. The first-order chi connectivity index (χ1) is 26.3. The minimum absolute atomic E-state index is 0.506. The monoisotopic (exact) mass is 694 g/mol. The number of thiazole rings is 1. The lowest BCUT2D eigenvalue weighted by molar-refractivity contribution is 0.769. The van der Waals surface area contributed by atoms with E-state index in [0.717, 1.165) is 38.4 Å². The Hall–Kier alpha value is -6.69. The molecule has 1 aliphatic carbocycles. The molecule has 248 valence electrons. The predicted octanol–water partition coefficient (Wildman–Crippen LogP) is 11.9. The summed E-state index contributed by atoms with van der Waals surface area (Å²) in [6.45, 7) is 0. The Morgan fingerprint density at radius 1 is 0.491 bits per heavy atom. The van der Waals surface area contributed by atoms with Crippen LogP contribution in [0.15, 0.2) is 182 Å². The summed E-state index contributed by atoms with van der Waals surface area (Å²) >= 11 is 1.71. The molecule has 0 spiro atoms. The molecule has 0 radical (unpaired) electrons. The minimum atomic E-state index is -0.506. The zero-order valence-electron chi connectivity index (χ0n) is 28.5. The Morgan fingerprint density at radius 2 is 1.19 bits per heavy atom. The zero-order valence-corrected chi connectivity index (χ0v) is 29.3. The third-order valence-corrected chi connectivity index (χ3v) is 11.9. The molecule has 0 saturated heterocycles. The van der Waals surface area contributed by atoms with Gasteiger partial charge < -0.3 is 0 Å². The first-order valence-corrected chi connectivity index (χ1v) is 18.7. The van der Waals surface area contributed by atoms with Gasteiger partial charge in [-0.1, -0.05) is 140 Å². The van der Waals surface area contributed by atoms with Crippen molar-refractivity contribution in [2.75, 3.05) is 0 Å². The van der Waals surface area contributed by atoms with Crippen LogP contribution in [-0.2, 0) is 5.41 Å². The van der Waals surface area contributed by atoms with Crippen molar-refractivity contribution in [2.24, 2.45) is 0 Å². The van der Waals surface area contributed by atoms with Crippen LogP contribution in [0.4, 0.5) is 0 Å². The molecule has 1 aliphatic rings. The van der Waals surface area contributed by atoms with E-state index in [2.05, 4.69) is 168 Å². The maximum Gasteiger partial charge on any atom is 0.235 e. The maximum atomic E-state index is 5.27. The van der Waals surface area contributed by atoms with Gasteiger partial charge in [-0.25, -0.2) is 15.0 Å². The molecule has 4 nitrogen and oxygen atoms in total. The van der Waals surface area contributed by atoms with Crippen LogP contribution in [0.25, 0.3) is 70.9 Å². The molecule has 0 fully saturated rings. The summed E-state index contributed by atoms with van der Waals surface area (Å²) in [5.41, 5.74) is 13.2. The molecule has 0 unspecified atom stereocenters. The second kappa shape index (κ2) is 11.7. The molecule has 0 amide bonds. The Labute approximate surface area is 310 Å². The minimum Gasteiger partial charge on any atom is -0.278 e. The summed E-state index contributed by atoms with van der Waals surface area (Å²) < 4.78 is 3.42. The summed E-state index contributed by atoms with van der Waals surface area (Å²) in [5.74, 6) is 0.636. The lowest BCUT2D eigenvalue weighted by Crippen LogP contribution is -2.28. The van der Waals surface area contributed by atoms with Crippen molar-refractivity contribution < 1.29 is 0 Å². The van der Waals surface area contributed by atoms with E-state index < -0.39 is 5.41 Å². The molecule has 7 aromatic carbocycles. The van der Waals surface area contributed by atoms with Crippen LogP contribution in [0.5, 0.6) is 0 Å². The first-order valence-electron chi connectivity index (χ1n) is 17.9. The van der Waals surface area contributed by atoms with Crippen LogP contribution in [0.2, 0.25) is 0 Å². The highest BCUT2D eigenvalue weighted by Crippen LogP contribution is 2.56. The lowest BCUT2D eigenvalue weighted by atomic mass is 9.67. The topological polar surface area (TPSA) is 43.6 Å². The van der Waals surface area contributed by atoms with Crippen LogP contribution in [-0.4, -0.2) is 19.5 Å². The molecular weight excluding hydrogens is 665 g/mol. The summed E-state index contributed by atoms with van der Waals surface area (Å²) in [5, 5.41) is 3.33. The van der Waals surface area contributed by atoms with E-state index in [1.807, 2.05) is 18.3 Å². The van der Waals surface area contributed by atoms with Crippen molar-refractivity contribution in [3.05, 3.63) is 204 Å². The van der Waals surface area contributed by atoms with Gasteiger partial charge in [0.05, 0.1) is 32.4 Å². The van der Waals surface area contributed by atoms with Gasteiger partial charge >= 0.3 is 0 Å². The molecule has 0 atom stereocenters. The molecule has 0 saturated carbocycles. The van der Waals surface area contributed by atoms with Gasteiger partial charge in [-0.05, 0) is 69.8 Å². The number of fused-ring (bicyclic) bond motifs is 7. The summed E-state index contributed by atoms with van der Waals surface area (Å²) in [6.07, 6.45) is 1.88. The molecule has 3 aromatic heterocycles. The van der Waals surface area contributed by atoms with E-state index >= 15 is 0 Å². The van der Waals surface area contributed by atoms with Gasteiger partial charge in [-0.2, -0.15) is 0 Å². The smallest absolute Gasteiger partial charge is 0.235 e. The maximum absolute atomic E-state index is 5.27. The van der Waals surface area contributed by atoms with E-state index in [9.17, 15) is 0 Å². The molecule has 53 heavy (non-hydrogen) atoms. The molecular formula is C48H30N4S. The van der Waals surface area contributed by atoms with Crippen molar-refractivity contribution in [3.63, 3.8) is 0 Å². The number of hydrogen-bond acceptors (Lipinski definition) is 4. The Morgan fingerprint density at radius 3 is 2.02 bits per heavy atom. The number of rotatable bonds is 5. The highest BCUT2D eigenvalue weighted by atomic mass is 32.1. The highest BCUT2D eigenvalue weighted by molar-refractivity contribution is 7.21. The van der Waals surface area contributed by atoms with E-state index in [1.54, 1.807) is 11.3 Å². The normalized spacial score (nSPS) is 13.1. The van der Waals surface area contributed by atoms with Crippen molar-refractivity contribution >= 4 is 43.4 Å². The van der Waals surface area contributed by atoms with Gasteiger partial charge in [0.2, 0.25) is 5.95 Å². The zero-order chi connectivity index (χ0) is 34.9. The SMILES string of the molecule is c1ccc(C2(c3ccc4c5ccccc5n(-c5nccc(-c6cccc(-c7nc8ccccc8s7)c6)n5)c4c3)c3ccccc3-c3ccccc32)cc1. The van der Waals surface area contributed by atoms with Gasteiger partial charge in [0, 0.05) is 28.1 Å². The van der Waals surface area contributed by atoms with Crippen molar-refractivity contribution in [3.8, 4) is 38.9 Å². The van der Waals surface area contributed by atoms with E-state index in [4.69, 9.17) is 15.0 Å².